The van der Waals surface area contributed by atoms with E-state index < -0.39 is 0 Å². The Morgan fingerprint density at radius 2 is 1.42 bits per heavy atom. The average molecular weight is 337 g/mol. The van der Waals surface area contributed by atoms with Crippen LogP contribution >= 0.6 is 0 Å². The quantitative estimate of drug-likeness (QED) is 0.514. The summed E-state index contributed by atoms with van der Waals surface area (Å²) in [5.74, 6) is 0. The summed E-state index contributed by atoms with van der Waals surface area (Å²) in [6, 6.07) is 27.4. The maximum absolute atomic E-state index is 13.2. The average Bonchev–Trinajstić information content (AvgIpc) is 3.10. The van der Waals surface area contributed by atoms with Crippen LogP contribution in [0.25, 0.3) is 38.8 Å². The van der Waals surface area contributed by atoms with Gasteiger partial charge in [0, 0.05) is 21.9 Å². The second-order valence-corrected chi connectivity index (χ2v) is 6.19. The molecule has 0 fully saturated rings. The number of benzene rings is 3. The first-order valence-corrected chi connectivity index (χ1v) is 8.47. The second-order valence-electron chi connectivity index (χ2n) is 6.19. The number of nitrogens with one attached hydrogen (secondary N) is 1. The van der Waals surface area contributed by atoms with Gasteiger partial charge in [-0.05, 0) is 18.2 Å². The van der Waals surface area contributed by atoms with E-state index >= 15 is 0 Å². The molecule has 1 N–H and O–H groups in total. The zero-order chi connectivity index (χ0) is 17.5. The zero-order valence-electron chi connectivity index (χ0n) is 13.9. The fourth-order valence-corrected chi connectivity index (χ4v) is 3.39. The van der Waals surface area contributed by atoms with Crippen molar-refractivity contribution in [1.82, 2.24) is 14.8 Å². The van der Waals surface area contributed by atoms with Gasteiger partial charge in [0.15, 0.2) is 0 Å². The lowest BCUT2D eigenvalue weighted by atomic mass is 10.1. The van der Waals surface area contributed by atoms with Crippen molar-refractivity contribution < 1.29 is 0 Å². The van der Waals surface area contributed by atoms with E-state index in [-0.39, 0.29) is 5.56 Å². The predicted octanol–water partition coefficient (Wildman–Crippen LogP) is 4.53. The van der Waals surface area contributed by atoms with Crippen LogP contribution in [0.15, 0.2) is 89.7 Å². The van der Waals surface area contributed by atoms with E-state index in [1.54, 1.807) is 0 Å². The number of aromatic nitrogens is 3. The van der Waals surface area contributed by atoms with Crippen LogP contribution in [0.3, 0.4) is 0 Å². The summed E-state index contributed by atoms with van der Waals surface area (Å²) < 4.78 is 1.47. The molecule has 3 aromatic carbocycles. The molecule has 4 heteroatoms. The molecule has 4 nitrogen and oxygen atoms in total. The first kappa shape index (κ1) is 14.7. The summed E-state index contributed by atoms with van der Waals surface area (Å²) in [5, 5.41) is 6.62. The van der Waals surface area contributed by atoms with Gasteiger partial charge in [-0.15, -0.1) is 0 Å². The third kappa shape index (κ3) is 2.16. The number of hydrogen-bond acceptors (Lipinski definition) is 2. The Bertz CT molecular complexity index is 1290. The Morgan fingerprint density at radius 1 is 0.769 bits per heavy atom. The van der Waals surface area contributed by atoms with E-state index in [9.17, 15) is 4.79 Å². The van der Waals surface area contributed by atoms with E-state index in [2.05, 4.69) is 4.98 Å². The molecule has 2 heterocycles. The normalized spacial score (nSPS) is 11.2. The molecular formula is C22H15N3O. The second kappa shape index (κ2) is 5.70. The van der Waals surface area contributed by atoms with Crippen molar-refractivity contribution in [2.75, 3.05) is 0 Å². The molecule has 0 amide bonds. The smallest absolute Gasteiger partial charge is 0.295 e. The van der Waals surface area contributed by atoms with E-state index in [0.717, 1.165) is 33.2 Å². The van der Waals surface area contributed by atoms with Gasteiger partial charge in [0.1, 0.15) is 11.2 Å². The molecule has 0 radical (unpaired) electrons. The first-order chi connectivity index (χ1) is 12.8. The van der Waals surface area contributed by atoms with Crippen LogP contribution in [0.5, 0.6) is 0 Å². The largest absolute Gasteiger partial charge is 0.350 e. The number of rotatable bonds is 2. The molecule has 0 saturated carbocycles. The van der Waals surface area contributed by atoms with Crippen LogP contribution < -0.4 is 5.56 Å². The van der Waals surface area contributed by atoms with Gasteiger partial charge in [0.25, 0.3) is 5.56 Å². The topological polar surface area (TPSA) is 50.7 Å². The van der Waals surface area contributed by atoms with Gasteiger partial charge < -0.3 is 4.98 Å². The van der Waals surface area contributed by atoms with Crippen LogP contribution in [0.4, 0.5) is 0 Å². The molecule has 0 saturated heterocycles. The maximum Gasteiger partial charge on any atom is 0.295 e. The summed E-state index contributed by atoms with van der Waals surface area (Å²) in [5.41, 5.74) is 3.87. The number of aromatic amines is 1. The summed E-state index contributed by atoms with van der Waals surface area (Å²) >= 11 is 0. The van der Waals surface area contributed by atoms with E-state index in [1.165, 1.54) is 4.68 Å². The third-order valence-corrected chi connectivity index (χ3v) is 4.60. The molecule has 124 valence electrons. The first-order valence-electron chi connectivity index (χ1n) is 8.47. The van der Waals surface area contributed by atoms with E-state index in [4.69, 9.17) is 5.10 Å². The highest BCUT2D eigenvalue weighted by molar-refractivity contribution is 6.12. The van der Waals surface area contributed by atoms with Gasteiger partial charge in [-0.25, -0.2) is 0 Å². The van der Waals surface area contributed by atoms with E-state index in [0.29, 0.717) is 5.52 Å². The monoisotopic (exact) mass is 337 g/mol. The Morgan fingerprint density at radius 3 is 2.19 bits per heavy atom. The highest BCUT2D eigenvalue weighted by Gasteiger charge is 2.17. The van der Waals surface area contributed by atoms with Crippen molar-refractivity contribution in [3.63, 3.8) is 0 Å². The zero-order valence-corrected chi connectivity index (χ0v) is 13.9. The van der Waals surface area contributed by atoms with Gasteiger partial charge in [-0.1, -0.05) is 66.7 Å². The maximum atomic E-state index is 13.2. The summed E-state index contributed by atoms with van der Waals surface area (Å²) in [4.78, 5) is 16.4. The molecule has 2 aromatic heterocycles. The van der Waals surface area contributed by atoms with Crippen LogP contribution in [-0.2, 0) is 0 Å². The molecule has 5 rings (SSSR count). The minimum Gasteiger partial charge on any atom is -0.350 e. The van der Waals surface area contributed by atoms with Crippen LogP contribution in [0.1, 0.15) is 0 Å². The van der Waals surface area contributed by atoms with Crippen LogP contribution in [0, 0.1) is 0 Å². The minimum atomic E-state index is -0.151. The molecule has 0 bridgehead atoms. The number of nitrogens with zero attached hydrogens (tertiary/aromatic N) is 2. The Labute approximate surface area is 149 Å². The van der Waals surface area contributed by atoms with Gasteiger partial charge in [0.05, 0.1) is 5.69 Å². The molecule has 5 aromatic rings. The van der Waals surface area contributed by atoms with Crippen molar-refractivity contribution in [3.8, 4) is 16.9 Å². The molecule has 0 aliphatic rings. The summed E-state index contributed by atoms with van der Waals surface area (Å²) in [6.07, 6.45) is 0. The van der Waals surface area contributed by atoms with Gasteiger partial charge in [-0.2, -0.15) is 9.78 Å². The molecule has 0 atom stereocenters. The van der Waals surface area contributed by atoms with Gasteiger partial charge in [0.2, 0.25) is 0 Å². The Kier molecular flexibility index (Phi) is 3.22. The van der Waals surface area contributed by atoms with Crippen molar-refractivity contribution in [2.24, 2.45) is 0 Å². The third-order valence-electron chi connectivity index (χ3n) is 4.60. The standard InChI is InChI=1S/C22H15N3O/c26-22-21-19(17-13-7-8-14-18(17)23-21)20(15-9-3-1-4-10-15)24-25(22)16-11-5-2-6-12-16/h1-14,23H. The molecule has 26 heavy (non-hydrogen) atoms. The fourth-order valence-electron chi connectivity index (χ4n) is 3.39. The summed E-state index contributed by atoms with van der Waals surface area (Å²) in [7, 11) is 0. The van der Waals surface area contributed by atoms with Gasteiger partial charge in [-0.3, -0.25) is 4.79 Å². The molecule has 0 aliphatic heterocycles. The van der Waals surface area contributed by atoms with Gasteiger partial charge >= 0.3 is 0 Å². The lowest BCUT2D eigenvalue weighted by molar-refractivity contribution is 0.824. The van der Waals surface area contributed by atoms with Crippen molar-refractivity contribution in [1.29, 1.82) is 0 Å². The number of para-hydroxylation sites is 2. The van der Waals surface area contributed by atoms with Crippen molar-refractivity contribution in [2.45, 2.75) is 0 Å². The lowest BCUT2D eigenvalue weighted by Crippen LogP contribution is -2.22. The molecule has 0 aliphatic carbocycles. The Hall–Kier alpha value is -3.66. The van der Waals surface area contributed by atoms with Crippen molar-refractivity contribution >= 4 is 21.8 Å². The minimum absolute atomic E-state index is 0.151. The molecular weight excluding hydrogens is 322 g/mol. The number of fused-ring (bicyclic) bond motifs is 3. The highest BCUT2D eigenvalue weighted by Crippen LogP contribution is 2.31. The van der Waals surface area contributed by atoms with Crippen molar-refractivity contribution in [3.05, 3.63) is 95.3 Å². The SMILES string of the molecule is O=c1c2[nH]c3ccccc3c2c(-c2ccccc2)nn1-c1ccccc1. The molecule has 0 spiro atoms. The lowest BCUT2D eigenvalue weighted by Gasteiger charge is -2.09. The Balaban J connectivity index is 1.97. The number of H-pyrrole nitrogens is 1. The van der Waals surface area contributed by atoms with E-state index in [1.807, 2.05) is 84.9 Å². The fraction of sp³-hybridized carbons (Fsp3) is 0. The highest BCUT2D eigenvalue weighted by atomic mass is 16.1. The summed E-state index contributed by atoms with van der Waals surface area (Å²) in [6.45, 7) is 0. The predicted molar refractivity (Wildman–Crippen MR) is 105 cm³/mol. The number of hydrogen-bond donors (Lipinski definition) is 1. The molecule has 0 unspecified atom stereocenters. The van der Waals surface area contributed by atoms with Crippen LogP contribution in [-0.4, -0.2) is 14.8 Å². The van der Waals surface area contributed by atoms with Crippen LogP contribution in [0.2, 0.25) is 0 Å².